The van der Waals surface area contributed by atoms with Crippen molar-refractivity contribution in [2.75, 3.05) is 0 Å². The van der Waals surface area contributed by atoms with E-state index in [1.165, 1.54) is 6.92 Å². The standard InChI is InChI=1S/C7H13NO3/c1-3-5(7(10)11)4(2)6(8)9/h7,10-11H,3H2,1-2H3,(H2,8,9). The molecule has 0 spiro atoms. The van der Waals surface area contributed by atoms with E-state index < -0.39 is 12.2 Å². The molecule has 1 amide bonds. The highest BCUT2D eigenvalue weighted by atomic mass is 16.5. The first-order valence-corrected chi connectivity index (χ1v) is 3.36. The number of primary amides is 1. The average Bonchev–Trinajstić information content (AvgIpc) is 1.88. The summed E-state index contributed by atoms with van der Waals surface area (Å²) in [5, 5.41) is 17.4. The molecule has 0 aromatic heterocycles. The molecule has 4 heteroatoms. The van der Waals surface area contributed by atoms with Crippen LogP contribution in [0, 0.1) is 0 Å². The zero-order chi connectivity index (χ0) is 9.02. The summed E-state index contributed by atoms with van der Waals surface area (Å²) in [4.78, 5) is 10.5. The van der Waals surface area contributed by atoms with Crippen LogP contribution in [0.1, 0.15) is 20.3 Å². The Labute approximate surface area is 65.3 Å². The second kappa shape index (κ2) is 4.10. The zero-order valence-electron chi connectivity index (χ0n) is 6.66. The van der Waals surface area contributed by atoms with E-state index in [0.29, 0.717) is 6.42 Å². The Kier molecular flexibility index (Phi) is 3.78. The van der Waals surface area contributed by atoms with Gasteiger partial charge >= 0.3 is 0 Å². The van der Waals surface area contributed by atoms with Gasteiger partial charge in [-0.25, -0.2) is 0 Å². The molecule has 0 rings (SSSR count). The van der Waals surface area contributed by atoms with Crippen molar-refractivity contribution in [1.29, 1.82) is 0 Å². The van der Waals surface area contributed by atoms with Gasteiger partial charge in [-0.2, -0.15) is 0 Å². The predicted molar refractivity (Wildman–Crippen MR) is 40.4 cm³/mol. The Morgan fingerprint density at radius 2 is 2.00 bits per heavy atom. The SMILES string of the molecule is CCC(=C(C)C(N)=O)C(O)O. The molecular formula is C7H13NO3. The molecule has 0 aliphatic rings. The van der Waals surface area contributed by atoms with E-state index in [9.17, 15) is 4.79 Å². The number of nitrogens with two attached hydrogens (primary N) is 1. The molecule has 0 aromatic rings. The van der Waals surface area contributed by atoms with E-state index >= 15 is 0 Å². The van der Waals surface area contributed by atoms with Crippen molar-refractivity contribution >= 4 is 5.91 Å². The average molecular weight is 159 g/mol. The van der Waals surface area contributed by atoms with Gasteiger partial charge < -0.3 is 15.9 Å². The van der Waals surface area contributed by atoms with Crippen LogP contribution in [-0.4, -0.2) is 22.4 Å². The molecule has 0 radical (unpaired) electrons. The molecule has 0 aliphatic heterocycles. The molecule has 0 saturated carbocycles. The number of amides is 1. The van der Waals surface area contributed by atoms with Crippen LogP contribution in [-0.2, 0) is 4.79 Å². The van der Waals surface area contributed by atoms with Crippen LogP contribution in [0.4, 0.5) is 0 Å². The molecular weight excluding hydrogens is 146 g/mol. The van der Waals surface area contributed by atoms with Gasteiger partial charge in [-0.1, -0.05) is 6.92 Å². The fourth-order valence-electron chi connectivity index (χ4n) is 0.800. The molecule has 0 atom stereocenters. The van der Waals surface area contributed by atoms with Crippen LogP contribution in [0.3, 0.4) is 0 Å². The highest BCUT2D eigenvalue weighted by molar-refractivity contribution is 5.92. The number of carbonyl (C=O) groups is 1. The van der Waals surface area contributed by atoms with Crippen LogP contribution in [0.2, 0.25) is 0 Å². The summed E-state index contributed by atoms with van der Waals surface area (Å²) < 4.78 is 0. The lowest BCUT2D eigenvalue weighted by Crippen LogP contribution is -2.19. The maximum absolute atomic E-state index is 10.5. The summed E-state index contributed by atoms with van der Waals surface area (Å²) in [6.07, 6.45) is -1.17. The van der Waals surface area contributed by atoms with Crippen molar-refractivity contribution in [3.05, 3.63) is 11.1 Å². The van der Waals surface area contributed by atoms with Gasteiger partial charge in [0.05, 0.1) is 0 Å². The minimum Gasteiger partial charge on any atom is -0.366 e. The number of aliphatic hydroxyl groups is 2. The van der Waals surface area contributed by atoms with Gasteiger partial charge in [0.2, 0.25) is 5.91 Å². The van der Waals surface area contributed by atoms with E-state index in [1.807, 2.05) is 0 Å². The third-order valence-electron chi connectivity index (χ3n) is 1.54. The van der Waals surface area contributed by atoms with Crippen molar-refractivity contribution in [2.24, 2.45) is 5.73 Å². The maximum atomic E-state index is 10.5. The van der Waals surface area contributed by atoms with Gasteiger partial charge in [0.15, 0.2) is 6.29 Å². The van der Waals surface area contributed by atoms with E-state index in [2.05, 4.69) is 0 Å². The Balaban J connectivity index is 4.68. The van der Waals surface area contributed by atoms with Crippen molar-refractivity contribution in [2.45, 2.75) is 26.6 Å². The monoisotopic (exact) mass is 159 g/mol. The molecule has 64 valence electrons. The first kappa shape index (κ1) is 10.1. The van der Waals surface area contributed by atoms with Gasteiger partial charge in [0, 0.05) is 5.57 Å². The highest BCUT2D eigenvalue weighted by Gasteiger charge is 2.11. The Hall–Kier alpha value is -0.870. The van der Waals surface area contributed by atoms with Gasteiger partial charge in [0.1, 0.15) is 0 Å². The molecule has 0 bridgehead atoms. The fraction of sp³-hybridized carbons (Fsp3) is 0.571. The zero-order valence-corrected chi connectivity index (χ0v) is 6.66. The molecule has 0 saturated heterocycles. The first-order chi connectivity index (χ1) is 5.00. The van der Waals surface area contributed by atoms with E-state index in [-0.39, 0.29) is 11.1 Å². The summed E-state index contributed by atoms with van der Waals surface area (Å²) in [6.45, 7) is 3.20. The summed E-state index contributed by atoms with van der Waals surface area (Å²) in [5.74, 6) is -0.616. The largest absolute Gasteiger partial charge is 0.366 e. The molecule has 0 aliphatic carbocycles. The van der Waals surface area contributed by atoms with Crippen LogP contribution in [0.15, 0.2) is 11.1 Å². The number of rotatable bonds is 3. The van der Waals surface area contributed by atoms with Crippen molar-refractivity contribution in [3.8, 4) is 0 Å². The molecule has 0 unspecified atom stereocenters. The van der Waals surface area contributed by atoms with Crippen LogP contribution < -0.4 is 5.73 Å². The molecule has 0 heterocycles. The predicted octanol–water partition coefficient (Wildman–Crippen LogP) is -0.491. The quantitative estimate of drug-likeness (QED) is 0.383. The highest BCUT2D eigenvalue weighted by Crippen LogP contribution is 2.10. The summed E-state index contributed by atoms with van der Waals surface area (Å²) in [6, 6.07) is 0. The first-order valence-electron chi connectivity index (χ1n) is 3.36. The Bertz CT molecular complexity index is 184. The Morgan fingerprint density at radius 3 is 2.09 bits per heavy atom. The van der Waals surface area contributed by atoms with Crippen molar-refractivity contribution in [1.82, 2.24) is 0 Å². The molecule has 4 nitrogen and oxygen atoms in total. The van der Waals surface area contributed by atoms with Gasteiger partial charge in [-0.3, -0.25) is 4.79 Å². The summed E-state index contributed by atoms with van der Waals surface area (Å²) >= 11 is 0. The lowest BCUT2D eigenvalue weighted by atomic mass is 10.1. The second-order valence-corrected chi connectivity index (χ2v) is 2.24. The van der Waals surface area contributed by atoms with Crippen molar-refractivity contribution in [3.63, 3.8) is 0 Å². The number of hydrogen-bond acceptors (Lipinski definition) is 3. The topological polar surface area (TPSA) is 83.6 Å². The number of aliphatic hydroxyl groups excluding tert-OH is 1. The summed E-state index contributed by atoms with van der Waals surface area (Å²) in [5.41, 5.74) is 5.43. The molecule has 0 fully saturated rings. The van der Waals surface area contributed by atoms with E-state index in [4.69, 9.17) is 15.9 Å². The molecule has 0 aromatic carbocycles. The lowest BCUT2D eigenvalue weighted by molar-refractivity contribution is -0.114. The number of hydrogen-bond donors (Lipinski definition) is 3. The fourth-order valence-corrected chi connectivity index (χ4v) is 0.800. The third-order valence-corrected chi connectivity index (χ3v) is 1.54. The molecule has 4 N–H and O–H groups in total. The minimum atomic E-state index is -1.58. The third kappa shape index (κ3) is 2.69. The normalized spacial score (nSPS) is 13.2. The maximum Gasteiger partial charge on any atom is 0.244 e. The van der Waals surface area contributed by atoms with E-state index in [0.717, 1.165) is 0 Å². The molecule has 11 heavy (non-hydrogen) atoms. The smallest absolute Gasteiger partial charge is 0.244 e. The van der Waals surface area contributed by atoms with Crippen LogP contribution >= 0.6 is 0 Å². The van der Waals surface area contributed by atoms with E-state index in [1.54, 1.807) is 6.92 Å². The lowest BCUT2D eigenvalue weighted by Gasteiger charge is -2.09. The van der Waals surface area contributed by atoms with Crippen LogP contribution in [0.5, 0.6) is 0 Å². The Morgan fingerprint density at radius 1 is 1.55 bits per heavy atom. The minimum absolute atomic E-state index is 0.225. The number of carbonyl (C=O) groups excluding carboxylic acids is 1. The van der Waals surface area contributed by atoms with Gasteiger partial charge in [-0.05, 0) is 18.9 Å². The summed E-state index contributed by atoms with van der Waals surface area (Å²) in [7, 11) is 0. The second-order valence-electron chi connectivity index (χ2n) is 2.24. The van der Waals surface area contributed by atoms with Crippen LogP contribution in [0.25, 0.3) is 0 Å². The van der Waals surface area contributed by atoms with Crippen molar-refractivity contribution < 1.29 is 15.0 Å². The van der Waals surface area contributed by atoms with Gasteiger partial charge in [0.25, 0.3) is 0 Å². The van der Waals surface area contributed by atoms with Gasteiger partial charge in [-0.15, -0.1) is 0 Å².